The molecule has 0 radical (unpaired) electrons. The Kier molecular flexibility index (Phi) is 9.21. The summed E-state index contributed by atoms with van der Waals surface area (Å²) in [5.41, 5.74) is 0.998. The molecule has 0 bridgehead atoms. The molecule has 0 amide bonds. The second-order valence-electron chi connectivity index (χ2n) is 5.93. The van der Waals surface area contributed by atoms with E-state index < -0.39 is 0 Å². The number of unbranched alkanes of at least 4 members (excludes halogenated alkanes) is 7. The van der Waals surface area contributed by atoms with Gasteiger partial charge in [-0.3, -0.25) is 4.79 Å². The second-order valence-corrected chi connectivity index (χ2v) is 8.18. The van der Waals surface area contributed by atoms with Gasteiger partial charge >= 0.3 is 5.97 Å². The molecule has 0 fully saturated rings. The molecule has 0 N–H and O–H groups in total. The van der Waals surface area contributed by atoms with Crippen molar-refractivity contribution in [2.45, 2.75) is 62.6 Å². The average Bonchev–Trinajstić information content (AvgIpc) is 3.01. The number of fused-ring (bicyclic) bond motifs is 1. The first kappa shape index (κ1) is 19.3. The van der Waals surface area contributed by atoms with E-state index in [0.29, 0.717) is 12.4 Å². The number of thiazole rings is 1. The zero-order chi connectivity index (χ0) is 17.0. The largest absolute Gasteiger partial charge is 0.465 e. The molecule has 2 aromatic rings. The fraction of sp³-hybridized carbons (Fsp3) is 0.579. The van der Waals surface area contributed by atoms with Crippen LogP contribution in [0.5, 0.6) is 0 Å². The van der Waals surface area contributed by atoms with E-state index in [2.05, 4.69) is 18.0 Å². The maximum atomic E-state index is 11.8. The van der Waals surface area contributed by atoms with Crippen molar-refractivity contribution in [2.75, 3.05) is 12.4 Å². The Labute approximate surface area is 153 Å². The fourth-order valence-electron chi connectivity index (χ4n) is 2.50. The van der Waals surface area contributed by atoms with Crippen LogP contribution in [0.15, 0.2) is 28.6 Å². The number of hydrogen-bond acceptors (Lipinski definition) is 5. The first-order chi connectivity index (χ1) is 11.8. The molecule has 1 aromatic heterocycles. The van der Waals surface area contributed by atoms with Gasteiger partial charge in [0.1, 0.15) is 0 Å². The van der Waals surface area contributed by atoms with Crippen molar-refractivity contribution in [3.05, 3.63) is 24.3 Å². The highest BCUT2D eigenvalue weighted by molar-refractivity contribution is 8.01. The number of ether oxygens (including phenoxy) is 1. The molecular formula is C19H27NO2S2. The lowest BCUT2D eigenvalue weighted by atomic mass is 10.1. The summed E-state index contributed by atoms with van der Waals surface area (Å²) in [5, 5.41) is 0. The number of benzene rings is 1. The second kappa shape index (κ2) is 11.5. The predicted molar refractivity (Wildman–Crippen MR) is 104 cm³/mol. The Morgan fingerprint density at radius 2 is 1.79 bits per heavy atom. The van der Waals surface area contributed by atoms with E-state index >= 15 is 0 Å². The van der Waals surface area contributed by atoms with Gasteiger partial charge in [-0.15, -0.1) is 11.3 Å². The van der Waals surface area contributed by atoms with Gasteiger partial charge < -0.3 is 4.74 Å². The molecule has 5 heteroatoms. The molecule has 0 saturated heterocycles. The third-order valence-electron chi connectivity index (χ3n) is 3.85. The minimum absolute atomic E-state index is 0.137. The molecule has 2 rings (SSSR count). The average molecular weight is 366 g/mol. The van der Waals surface area contributed by atoms with Crippen LogP contribution in [0.4, 0.5) is 0 Å². The lowest BCUT2D eigenvalue weighted by molar-refractivity contribution is -0.140. The number of para-hydroxylation sites is 1. The molecule has 0 spiro atoms. The maximum Gasteiger partial charge on any atom is 0.316 e. The molecule has 3 nitrogen and oxygen atoms in total. The third-order valence-corrected chi connectivity index (χ3v) is 6.00. The number of nitrogens with zero attached hydrogens (tertiary/aromatic N) is 1. The number of hydrogen-bond donors (Lipinski definition) is 0. The van der Waals surface area contributed by atoms with E-state index in [1.807, 2.05) is 18.2 Å². The van der Waals surface area contributed by atoms with Crippen molar-refractivity contribution in [1.29, 1.82) is 0 Å². The van der Waals surface area contributed by atoms with Gasteiger partial charge in [0.25, 0.3) is 0 Å². The van der Waals surface area contributed by atoms with E-state index in [1.54, 1.807) is 11.3 Å². The number of esters is 1. The number of aromatic nitrogens is 1. The maximum absolute atomic E-state index is 11.8. The number of carbonyl (C=O) groups is 1. The van der Waals surface area contributed by atoms with Crippen LogP contribution >= 0.6 is 23.1 Å². The summed E-state index contributed by atoms with van der Waals surface area (Å²) in [7, 11) is 0. The minimum atomic E-state index is -0.137. The van der Waals surface area contributed by atoms with E-state index in [-0.39, 0.29) is 5.97 Å². The van der Waals surface area contributed by atoms with Crippen LogP contribution in [-0.2, 0) is 9.53 Å². The highest BCUT2D eigenvalue weighted by atomic mass is 32.2. The first-order valence-corrected chi connectivity index (χ1v) is 10.7. The normalized spacial score (nSPS) is 11.0. The molecule has 24 heavy (non-hydrogen) atoms. The molecule has 0 aliphatic rings. The van der Waals surface area contributed by atoms with Crippen LogP contribution in [0.25, 0.3) is 10.2 Å². The summed E-state index contributed by atoms with van der Waals surface area (Å²) in [6, 6.07) is 8.04. The van der Waals surface area contributed by atoms with Crippen LogP contribution in [0, 0.1) is 0 Å². The molecule has 132 valence electrons. The molecule has 0 atom stereocenters. The van der Waals surface area contributed by atoms with Gasteiger partial charge in [0.15, 0.2) is 4.34 Å². The van der Waals surface area contributed by atoms with E-state index in [0.717, 1.165) is 27.4 Å². The van der Waals surface area contributed by atoms with Crippen LogP contribution in [0.2, 0.25) is 0 Å². The fourth-order valence-corrected chi connectivity index (χ4v) is 4.36. The van der Waals surface area contributed by atoms with Gasteiger partial charge in [0.05, 0.1) is 22.6 Å². The molecule has 1 aromatic carbocycles. The van der Waals surface area contributed by atoms with Gasteiger partial charge in [0.2, 0.25) is 0 Å². The van der Waals surface area contributed by atoms with Gasteiger partial charge in [-0.25, -0.2) is 4.98 Å². The molecule has 0 aliphatic carbocycles. The number of rotatable bonds is 12. The Morgan fingerprint density at radius 3 is 2.54 bits per heavy atom. The molecule has 0 unspecified atom stereocenters. The third kappa shape index (κ3) is 7.22. The van der Waals surface area contributed by atoms with Crippen LogP contribution in [0.3, 0.4) is 0 Å². The monoisotopic (exact) mass is 365 g/mol. The van der Waals surface area contributed by atoms with E-state index in [4.69, 9.17) is 4.74 Å². The summed E-state index contributed by atoms with van der Waals surface area (Å²) >= 11 is 3.09. The van der Waals surface area contributed by atoms with Crippen LogP contribution in [-0.4, -0.2) is 23.3 Å². The van der Waals surface area contributed by atoms with Crippen LogP contribution < -0.4 is 0 Å². The SMILES string of the molecule is CCCCCCCCCCOC(=O)CSc1nc2ccccc2s1. The lowest BCUT2D eigenvalue weighted by Crippen LogP contribution is -2.08. The topological polar surface area (TPSA) is 39.2 Å². The summed E-state index contributed by atoms with van der Waals surface area (Å²) in [4.78, 5) is 16.3. The number of carbonyl (C=O) groups excluding carboxylic acids is 1. The standard InChI is InChI=1S/C19H27NO2S2/c1-2-3-4-5-6-7-8-11-14-22-18(21)15-23-19-20-16-12-9-10-13-17(16)24-19/h9-10,12-13H,2-8,11,14-15H2,1H3. The van der Waals surface area contributed by atoms with Gasteiger partial charge in [-0.2, -0.15) is 0 Å². The Hall–Kier alpha value is -1.07. The highest BCUT2D eigenvalue weighted by Crippen LogP contribution is 2.29. The minimum Gasteiger partial charge on any atom is -0.465 e. The van der Waals surface area contributed by atoms with Crippen molar-refractivity contribution >= 4 is 39.3 Å². The summed E-state index contributed by atoms with van der Waals surface area (Å²) in [5.74, 6) is 0.207. The van der Waals surface area contributed by atoms with Crippen LogP contribution in [0.1, 0.15) is 58.3 Å². The zero-order valence-electron chi connectivity index (χ0n) is 14.5. The van der Waals surface area contributed by atoms with E-state index in [9.17, 15) is 4.79 Å². The van der Waals surface area contributed by atoms with Crippen molar-refractivity contribution in [1.82, 2.24) is 4.98 Å². The first-order valence-electron chi connectivity index (χ1n) is 8.93. The molecule has 1 heterocycles. The number of thioether (sulfide) groups is 1. The molecular weight excluding hydrogens is 338 g/mol. The molecule has 0 saturated carbocycles. The lowest BCUT2D eigenvalue weighted by Gasteiger charge is -2.04. The van der Waals surface area contributed by atoms with Crippen molar-refractivity contribution in [3.8, 4) is 0 Å². The Morgan fingerprint density at radius 1 is 1.08 bits per heavy atom. The van der Waals surface area contributed by atoms with Gasteiger partial charge in [-0.1, -0.05) is 75.8 Å². The van der Waals surface area contributed by atoms with Crippen molar-refractivity contribution in [3.63, 3.8) is 0 Å². The smallest absolute Gasteiger partial charge is 0.316 e. The summed E-state index contributed by atoms with van der Waals surface area (Å²) in [6.07, 6.45) is 10.0. The predicted octanol–water partition coefficient (Wildman–Crippen LogP) is 6.07. The Balaban J connectivity index is 1.51. The molecule has 0 aliphatic heterocycles. The van der Waals surface area contributed by atoms with Gasteiger partial charge in [-0.05, 0) is 18.6 Å². The van der Waals surface area contributed by atoms with E-state index in [1.165, 1.54) is 50.3 Å². The quantitative estimate of drug-likeness (QED) is 0.260. The Bertz CT molecular complexity index is 579. The summed E-state index contributed by atoms with van der Waals surface area (Å²) in [6.45, 7) is 2.79. The van der Waals surface area contributed by atoms with Crippen molar-refractivity contribution in [2.24, 2.45) is 0 Å². The van der Waals surface area contributed by atoms with Crippen molar-refractivity contribution < 1.29 is 9.53 Å². The summed E-state index contributed by atoms with van der Waals surface area (Å²) < 4.78 is 7.39. The highest BCUT2D eigenvalue weighted by Gasteiger charge is 2.08. The van der Waals surface area contributed by atoms with Gasteiger partial charge in [0, 0.05) is 0 Å². The zero-order valence-corrected chi connectivity index (χ0v) is 16.1.